The maximum absolute atomic E-state index is 14.0. The Morgan fingerprint density at radius 3 is 2.52 bits per heavy atom. The molecule has 0 aliphatic rings. The van der Waals surface area contributed by atoms with Gasteiger partial charge < -0.3 is 10.3 Å². The lowest BCUT2D eigenvalue weighted by Gasteiger charge is -2.05. The molecule has 1 amide bonds. The Hall–Kier alpha value is -2.97. The van der Waals surface area contributed by atoms with Gasteiger partial charge in [-0.2, -0.15) is 0 Å². The molecule has 0 bridgehead atoms. The van der Waals surface area contributed by atoms with Gasteiger partial charge in [0.25, 0.3) is 0 Å². The zero-order chi connectivity index (χ0) is 21.2. The normalized spacial score (nSPS) is 12.0. The van der Waals surface area contributed by atoms with Crippen molar-refractivity contribution in [3.8, 4) is 0 Å². The molecule has 0 radical (unpaired) electrons. The van der Waals surface area contributed by atoms with E-state index >= 15 is 0 Å². The fourth-order valence-electron chi connectivity index (χ4n) is 3.27. The number of H-pyrrole nitrogens is 1. The number of fused-ring (bicyclic) bond motifs is 1. The monoisotopic (exact) mass is 415 g/mol. The predicted molar refractivity (Wildman–Crippen MR) is 111 cm³/mol. The van der Waals surface area contributed by atoms with Crippen LogP contribution in [0.15, 0.2) is 47.4 Å². The first kappa shape index (κ1) is 20.8. The molecular weight excluding hydrogens is 393 g/mol. The maximum Gasteiger partial charge on any atom is 0.244 e. The molecular formula is C21H22FN3O3S. The van der Waals surface area contributed by atoms with Crippen molar-refractivity contribution in [1.29, 1.82) is 0 Å². The van der Waals surface area contributed by atoms with E-state index < -0.39 is 10.0 Å². The Balaban J connectivity index is 1.62. The minimum atomic E-state index is -3.74. The summed E-state index contributed by atoms with van der Waals surface area (Å²) in [6, 6.07) is 9.09. The van der Waals surface area contributed by atoms with Crippen molar-refractivity contribution in [3.05, 3.63) is 70.7 Å². The van der Waals surface area contributed by atoms with Gasteiger partial charge in [0.05, 0.1) is 10.4 Å². The zero-order valence-corrected chi connectivity index (χ0v) is 16.9. The highest BCUT2D eigenvalue weighted by Crippen LogP contribution is 2.27. The first-order valence-corrected chi connectivity index (χ1v) is 10.6. The van der Waals surface area contributed by atoms with Gasteiger partial charge in [-0.05, 0) is 61.2 Å². The van der Waals surface area contributed by atoms with E-state index in [1.807, 2.05) is 13.8 Å². The van der Waals surface area contributed by atoms with Gasteiger partial charge in [0.2, 0.25) is 15.9 Å². The van der Waals surface area contributed by atoms with E-state index in [1.54, 1.807) is 24.3 Å². The largest absolute Gasteiger partial charge is 0.356 e. The molecule has 6 nitrogen and oxygen atoms in total. The van der Waals surface area contributed by atoms with Crippen molar-refractivity contribution in [2.45, 2.75) is 25.2 Å². The van der Waals surface area contributed by atoms with Crippen molar-refractivity contribution < 1.29 is 17.6 Å². The van der Waals surface area contributed by atoms with Crippen LogP contribution in [0.4, 0.5) is 4.39 Å². The van der Waals surface area contributed by atoms with Gasteiger partial charge in [0, 0.05) is 23.7 Å². The summed E-state index contributed by atoms with van der Waals surface area (Å²) in [5.74, 6) is -0.568. The van der Waals surface area contributed by atoms with Gasteiger partial charge in [0.1, 0.15) is 5.82 Å². The summed E-state index contributed by atoms with van der Waals surface area (Å²) in [5.41, 5.74) is 4.01. The second kappa shape index (κ2) is 8.18. The van der Waals surface area contributed by atoms with Gasteiger partial charge in [-0.15, -0.1) is 0 Å². The lowest BCUT2D eigenvalue weighted by Crippen LogP contribution is -2.23. The first-order valence-electron chi connectivity index (χ1n) is 9.02. The summed E-state index contributed by atoms with van der Waals surface area (Å²) >= 11 is 0. The number of sulfonamides is 1. The number of hydrogen-bond donors (Lipinski definition) is 3. The molecule has 0 fully saturated rings. The van der Waals surface area contributed by atoms with Crippen LogP contribution in [-0.4, -0.2) is 25.9 Å². The molecule has 0 saturated carbocycles. The molecule has 4 N–H and O–H groups in total. The Kier molecular flexibility index (Phi) is 5.86. The quantitative estimate of drug-likeness (QED) is 0.539. The van der Waals surface area contributed by atoms with E-state index in [0.717, 1.165) is 22.2 Å². The zero-order valence-electron chi connectivity index (χ0n) is 16.1. The summed E-state index contributed by atoms with van der Waals surface area (Å²) in [5, 5.41) is 8.72. The van der Waals surface area contributed by atoms with Gasteiger partial charge in [-0.1, -0.05) is 18.2 Å². The number of aromatic nitrogens is 1. The molecule has 2 aromatic carbocycles. The Labute approximate surface area is 168 Å². The fraction of sp³-hybridized carbons (Fsp3) is 0.190. The number of halogens is 1. The van der Waals surface area contributed by atoms with E-state index in [4.69, 9.17) is 5.14 Å². The van der Waals surface area contributed by atoms with Crippen molar-refractivity contribution >= 4 is 32.9 Å². The minimum Gasteiger partial charge on any atom is -0.356 e. The van der Waals surface area contributed by atoms with E-state index in [9.17, 15) is 17.6 Å². The van der Waals surface area contributed by atoms with Crippen molar-refractivity contribution in [1.82, 2.24) is 10.3 Å². The van der Waals surface area contributed by atoms with Crippen LogP contribution in [0, 0.1) is 19.7 Å². The number of aryl methyl sites for hydroxylation is 2. The second-order valence-corrected chi connectivity index (χ2v) is 8.39. The van der Waals surface area contributed by atoms with Crippen LogP contribution in [0.5, 0.6) is 0 Å². The van der Waals surface area contributed by atoms with E-state index in [-0.39, 0.29) is 16.6 Å². The summed E-state index contributed by atoms with van der Waals surface area (Å²) in [6.07, 6.45) is 3.52. The standard InChI is InChI=1S/C21H22FN3O3S/c1-13-3-9-18(22)21-20(13)17(14(2)25-21)11-12-24-19(26)10-6-15-4-7-16(8-5-15)29(23,27)28/h3-10,25H,11-12H2,1-2H3,(H,24,26)(H2,23,27,28)/b10-6+. The summed E-state index contributed by atoms with van der Waals surface area (Å²) in [4.78, 5) is 15.2. The molecule has 3 aromatic rings. The molecule has 0 aliphatic heterocycles. The first-order chi connectivity index (χ1) is 13.7. The number of nitrogens with two attached hydrogens (primary N) is 1. The van der Waals surface area contributed by atoms with E-state index in [0.29, 0.717) is 24.0 Å². The van der Waals surface area contributed by atoms with E-state index in [1.165, 1.54) is 24.3 Å². The predicted octanol–water partition coefficient (Wildman–Crippen LogP) is 2.94. The molecule has 0 atom stereocenters. The number of nitrogens with one attached hydrogen (secondary N) is 2. The molecule has 0 aliphatic carbocycles. The number of carbonyl (C=O) groups is 1. The third-order valence-corrected chi connectivity index (χ3v) is 5.67. The second-order valence-electron chi connectivity index (χ2n) is 6.83. The minimum absolute atomic E-state index is 0.0138. The van der Waals surface area contributed by atoms with Crippen LogP contribution in [0.25, 0.3) is 17.0 Å². The van der Waals surface area contributed by atoms with Gasteiger partial charge in [0.15, 0.2) is 0 Å². The Morgan fingerprint density at radius 1 is 1.17 bits per heavy atom. The van der Waals surface area contributed by atoms with Crippen LogP contribution in [0.1, 0.15) is 22.4 Å². The molecule has 8 heteroatoms. The summed E-state index contributed by atoms with van der Waals surface area (Å²) in [6.45, 7) is 4.22. The third kappa shape index (κ3) is 4.72. The van der Waals surface area contributed by atoms with Crippen LogP contribution in [0.2, 0.25) is 0 Å². The number of carbonyl (C=O) groups excluding carboxylic acids is 1. The smallest absolute Gasteiger partial charge is 0.244 e. The SMILES string of the molecule is Cc1[nH]c2c(F)ccc(C)c2c1CCNC(=O)/C=C/c1ccc(S(N)(=O)=O)cc1. The fourth-order valence-corrected chi connectivity index (χ4v) is 3.78. The molecule has 0 unspecified atom stereocenters. The third-order valence-electron chi connectivity index (χ3n) is 4.74. The molecule has 1 heterocycles. The van der Waals surface area contributed by atoms with Gasteiger partial charge in [-0.25, -0.2) is 17.9 Å². The van der Waals surface area contributed by atoms with Gasteiger partial charge >= 0.3 is 0 Å². The highest BCUT2D eigenvalue weighted by Gasteiger charge is 2.13. The average Bonchev–Trinajstić information content (AvgIpc) is 3.00. The molecule has 0 saturated heterocycles. The molecule has 152 valence electrons. The average molecular weight is 415 g/mol. The van der Waals surface area contributed by atoms with Crippen molar-refractivity contribution in [2.24, 2.45) is 5.14 Å². The maximum atomic E-state index is 14.0. The topological polar surface area (TPSA) is 105 Å². The summed E-state index contributed by atoms with van der Waals surface area (Å²) in [7, 11) is -3.74. The number of aromatic amines is 1. The Bertz CT molecular complexity index is 1200. The van der Waals surface area contributed by atoms with Crippen molar-refractivity contribution in [2.75, 3.05) is 6.54 Å². The van der Waals surface area contributed by atoms with Crippen LogP contribution in [0.3, 0.4) is 0 Å². The lowest BCUT2D eigenvalue weighted by molar-refractivity contribution is -0.116. The highest BCUT2D eigenvalue weighted by molar-refractivity contribution is 7.89. The van der Waals surface area contributed by atoms with Crippen LogP contribution >= 0.6 is 0 Å². The molecule has 1 aromatic heterocycles. The van der Waals surface area contributed by atoms with Crippen LogP contribution in [-0.2, 0) is 21.2 Å². The highest BCUT2D eigenvalue weighted by atomic mass is 32.2. The number of amides is 1. The number of rotatable bonds is 6. The molecule has 0 spiro atoms. The van der Waals surface area contributed by atoms with Gasteiger partial charge in [-0.3, -0.25) is 4.79 Å². The molecule has 29 heavy (non-hydrogen) atoms. The Morgan fingerprint density at radius 2 is 1.86 bits per heavy atom. The number of primary sulfonamides is 1. The summed E-state index contributed by atoms with van der Waals surface area (Å²) < 4.78 is 36.5. The van der Waals surface area contributed by atoms with Crippen molar-refractivity contribution in [3.63, 3.8) is 0 Å². The van der Waals surface area contributed by atoms with Crippen LogP contribution < -0.4 is 10.5 Å². The number of benzene rings is 2. The lowest BCUT2D eigenvalue weighted by atomic mass is 10.0. The van der Waals surface area contributed by atoms with E-state index in [2.05, 4.69) is 10.3 Å². The molecule has 3 rings (SSSR count). The number of hydrogen-bond acceptors (Lipinski definition) is 3.